The van der Waals surface area contributed by atoms with E-state index in [2.05, 4.69) is 53.4 Å². The zero-order chi connectivity index (χ0) is 11.1. The van der Waals surface area contributed by atoms with Gasteiger partial charge >= 0.3 is 0 Å². The fourth-order valence-corrected chi connectivity index (χ4v) is 2.70. The van der Waals surface area contributed by atoms with Crippen LogP contribution in [0.4, 0.5) is 0 Å². The summed E-state index contributed by atoms with van der Waals surface area (Å²) < 4.78 is 0. The van der Waals surface area contributed by atoms with E-state index in [9.17, 15) is 0 Å². The van der Waals surface area contributed by atoms with Crippen LogP contribution in [0.3, 0.4) is 0 Å². The van der Waals surface area contributed by atoms with Crippen LogP contribution in [0.2, 0.25) is 0 Å². The number of aryl methyl sites for hydroxylation is 1. The molecule has 0 heterocycles. The Morgan fingerprint density at radius 3 is 2.47 bits per heavy atom. The van der Waals surface area contributed by atoms with Gasteiger partial charge in [-0.2, -0.15) is 11.8 Å². The second-order valence-corrected chi connectivity index (χ2v) is 5.62. The van der Waals surface area contributed by atoms with E-state index < -0.39 is 0 Å². The summed E-state index contributed by atoms with van der Waals surface area (Å²) in [5.74, 6) is 2.04. The van der Waals surface area contributed by atoms with Crippen LogP contribution in [0.25, 0.3) is 0 Å². The Kier molecular flexibility index (Phi) is 6.42. The van der Waals surface area contributed by atoms with Crippen molar-refractivity contribution in [3.63, 3.8) is 0 Å². The summed E-state index contributed by atoms with van der Waals surface area (Å²) >= 11 is 5.55. The molecule has 0 aliphatic heterocycles. The first-order valence-electron chi connectivity index (χ1n) is 5.36. The quantitative estimate of drug-likeness (QED) is 0.703. The second kappa shape index (κ2) is 7.34. The normalized spacial score (nSPS) is 12.7. The Bertz CT molecular complexity index is 268. The van der Waals surface area contributed by atoms with E-state index in [1.807, 2.05) is 11.8 Å². The van der Waals surface area contributed by atoms with Crippen molar-refractivity contribution in [1.82, 2.24) is 0 Å². The molecule has 0 aliphatic rings. The zero-order valence-electron chi connectivity index (χ0n) is 9.50. The van der Waals surface area contributed by atoms with Crippen LogP contribution in [-0.2, 0) is 6.42 Å². The minimum Gasteiger partial charge on any atom is -0.165 e. The van der Waals surface area contributed by atoms with Crippen molar-refractivity contribution >= 4 is 27.7 Å². The van der Waals surface area contributed by atoms with E-state index in [0.717, 1.165) is 11.2 Å². The van der Waals surface area contributed by atoms with Gasteiger partial charge in [0.1, 0.15) is 0 Å². The maximum absolute atomic E-state index is 3.61. The lowest BCUT2D eigenvalue weighted by Crippen LogP contribution is -2.07. The SMILES string of the molecule is CSCCC(CBr)Cc1ccc(C)cc1. The fraction of sp³-hybridized carbons (Fsp3) is 0.538. The number of hydrogen-bond donors (Lipinski definition) is 0. The van der Waals surface area contributed by atoms with Gasteiger partial charge in [-0.25, -0.2) is 0 Å². The summed E-state index contributed by atoms with van der Waals surface area (Å²) in [6, 6.07) is 8.92. The molecule has 2 heteroatoms. The van der Waals surface area contributed by atoms with Gasteiger partial charge in [0.2, 0.25) is 0 Å². The van der Waals surface area contributed by atoms with Crippen molar-refractivity contribution in [3.05, 3.63) is 35.4 Å². The molecular weight excluding hydrogens is 268 g/mol. The summed E-state index contributed by atoms with van der Waals surface area (Å²) in [5, 5.41) is 1.11. The second-order valence-electron chi connectivity index (χ2n) is 3.99. The van der Waals surface area contributed by atoms with Gasteiger partial charge < -0.3 is 0 Å². The molecule has 0 N–H and O–H groups in total. The van der Waals surface area contributed by atoms with Crippen LogP contribution in [0.15, 0.2) is 24.3 Å². The van der Waals surface area contributed by atoms with Gasteiger partial charge in [0, 0.05) is 5.33 Å². The molecule has 0 saturated heterocycles. The summed E-state index contributed by atoms with van der Waals surface area (Å²) in [5.41, 5.74) is 2.81. The number of alkyl halides is 1. The third-order valence-corrected chi connectivity index (χ3v) is 4.15. The molecule has 84 valence electrons. The molecule has 1 atom stereocenters. The molecule has 0 saturated carbocycles. The highest BCUT2D eigenvalue weighted by Crippen LogP contribution is 2.17. The van der Waals surface area contributed by atoms with Gasteiger partial charge in [-0.05, 0) is 43.3 Å². The summed E-state index contributed by atoms with van der Waals surface area (Å²) in [6.45, 7) is 2.14. The molecule has 0 radical (unpaired) electrons. The Morgan fingerprint density at radius 1 is 1.27 bits per heavy atom. The van der Waals surface area contributed by atoms with Gasteiger partial charge in [0.25, 0.3) is 0 Å². The molecule has 1 aromatic carbocycles. The first-order valence-corrected chi connectivity index (χ1v) is 7.88. The third kappa shape index (κ3) is 5.07. The molecule has 0 nitrogen and oxygen atoms in total. The molecule has 1 rings (SSSR count). The molecular formula is C13H19BrS. The van der Waals surface area contributed by atoms with E-state index in [1.54, 1.807) is 0 Å². The number of hydrogen-bond acceptors (Lipinski definition) is 1. The summed E-state index contributed by atoms with van der Waals surface area (Å²) in [4.78, 5) is 0. The lowest BCUT2D eigenvalue weighted by atomic mass is 9.98. The zero-order valence-corrected chi connectivity index (χ0v) is 11.9. The van der Waals surface area contributed by atoms with Crippen molar-refractivity contribution < 1.29 is 0 Å². The Balaban J connectivity index is 2.47. The number of thioether (sulfide) groups is 1. The van der Waals surface area contributed by atoms with Crippen LogP contribution in [0.1, 0.15) is 17.5 Å². The smallest absolute Gasteiger partial charge is 0.00631 e. The molecule has 0 aromatic heterocycles. The molecule has 0 spiro atoms. The average Bonchev–Trinajstić information content (AvgIpc) is 2.27. The van der Waals surface area contributed by atoms with Crippen molar-refractivity contribution in [1.29, 1.82) is 0 Å². The standard InChI is InChI=1S/C13H19BrS/c1-11-3-5-12(6-4-11)9-13(10-14)7-8-15-2/h3-6,13H,7-10H2,1-2H3. The highest BCUT2D eigenvalue weighted by molar-refractivity contribution is 9.09. The lowest BCUT2D eigenvalue weighted by Gasteiger charge is -2.13. The highest BCUT2D eigenvalue weighted by atomic mass is 79.9. The Morgan fingerprint density at radius 2 is 1.93 bits per heavy atom. The maximum atomic E-state index is 3.61. The summed E-state index contributed by atoms with van der Waals surface area (Å²) in [6.07, 6.45) is 4.68. The maximum Gasteiger partial charge on any atom is 0.00631 e. The van der Waals surface area contributed by atoms with E-state index in [4.69, 9.17) is 0 Å². The van der Waals surface area contributed by atoms with Gasteiger partial charge in [-0.1, -0.05) is 45.8 Å². The van der Waals surface area contributed by atoms with Crippen LogP contribution in [0, 0.1) is 12.8 Å². The predicted molar refractivity (Wildman–Crippen MR) is 75.2 cm³/mol. The van der Waals surface area contributed by atoms with Gasteiger partial charge in [-0.3, -0.25) is 0 Å². The number of benzene rings is 1. The van der Waals surface area contributed by atoms with E-state index in [1.165, 1.54) is 29.7 Å². The molecule has 0 amide bonds. The summed E-state index contributed by atoms with van der Waals surface area (Å²) in [7, 11) is 0. The Hall–Kier alpha value is 0.0500. The molecule has 15 heavy (non-hydrogen) atoms. The first-order chi connectivity index (χ1) is 7.26. The molecule has 1 unspecified atom stereocenters. The van der Waals surface area contributed by atoms with Crippen LogP contribution < -0.4 is 0 Å². The highest BCUT2D eigenvalue weighted by Gasteiger charge is 2.07. The molecule has 1 aromatic rings. The molecule has 0 bridgehead atoms. The van der Waals surface area contributed by atoms with Crippen molar-refractivity contribution in [3.8, 4) is 0 Å². The van der Waals surface area contributed by atoms with Crippen molar-refractivity contribution in [2.45, 2.75) is 19.8 Å². The van der Waals surface area contributed by atoms with Gasteiger partial charge in [0.05, 0.1) is 0 Å². The third-order valence-electron chi connectivity index (χ3n) is 2.59. The monoisotopic (exact) mass is 286 g/mol. The predicted octanol–water partition coefficient (Wildman–Crippen LogP) is 4.30. The topological polar surface area (TPSA) is 0 Å². The van der Waals surface area contributed by atoms with Crippen molar-refractivity contribution in [2.75, 3.05) is 17.3 Å². The van der Waals surface area contributed by atoms with Gasteiger partial charge in [0.15, 0.2) is 0 Å². The van der Waals surface area contributed by atoms with E-state index in [0.29, 0.717) is 0 Å². The molecule has 0 aliphatic carbocycles. The average molecular weight is 287 g/mol. The van der Waals surface area contributed by atoms with Crippen LogP contribution in [-0.4, -0.2) is 17.3 Å². The van der Waals surface area contributed by atoms with Gasteiger partial charge in [-0.15, -0.1) is 0 Å². The molecule has 0 fully saturated rings. The Labute approximate surface area is 106 Å². The minimum absolute atomic E-state index is 0.778. The largest absolute Gasteiger partial charge is 0.165 e. The number of rotatable bonds is 6. The first kappa shape index (κ1) is 13.1. The van der Waals surface area contributed by atoms with E-state index >= 15 is 0 Å². The lowest BCUT2D eigenvalue weighted by molar-refractivity contribution is 0.579. The van der Waals surface area contributed by atoms with E-state index in [-0.39, 0.29) is 0 Å². The number of halogens is 1. The fourth-order valence-electron chi connectivity index (χ4n) is 1.58. The van der Waals surface area contributed by atoms with Crippen LogP contribution in [0.5, 0.6) is 0 Å². The van der Waals surface area contributed by atoms with Crippen molar-refractivity contribution in [2.24, 2.45) is 5.92 Å². The van der Waals surface area contributed by atoms with Crippen LogP contribution >= 0.6 is 27.7 Å². The minimum atomic E-state index is 0.778.